The number of fused-ring (bicyclic) bond motifs is 1. The highest BCUT2D eigenvalue weighted by Gasteiger charge is 2.14. The highest BCUT2D eigenvalue weighted by atomic mass is 16.2. The molecule has 2 nitrogen and oxygen atoms in total. The minimum absolute atomic E-state index is 0.250. The van der Waals surface area contributed by atoms with E-state index in [1.807, 2.05) is 0 Å². The second kappa shape index (κ2) is 4.67. The number of rotatable bonds is 2. The molecule has 1 heterocycles. The van der Waals surface area contributed by atoms with E-state index in [0.717, 1.165) is 19.4 Å². The van der Waals surface area contributed by atoms with Crippen molar-refractivity contribution in [3.63, 3.8) is 0 Å². The van der Waals surface area contributed by atoms with Crippen LogP contribution < -0.4 is 4.90 Å². The Hall–Kier alpha value is -1.02. The van der Waals surface area contributed by atoms with Crippen LogP contribution in [0.25, 0.3) is 0 Å². The first-order valence-electron chi connectivity index (χ1n) is 5.75. The first-order chi connectivity index (χ1) is 7.33. The lowest BCUT2D eigenvalue weighted by Gasteiger charge is -2.20. The fraction of sp³-hybridized carbons (Fsp3) is 0.538. The van der Waals surface area contributed by atoms with Gasteiger partial charge in [-0.25, -0.2) is 0 Å². The van der Waals surface area contributed by atoms with Crippen molar-refractivity contribution in [2.45, 2.75) is 25.7 Å². The topological polar surface area (TPSA) is 23.5 Å². The smallest absolute Gasteiger partial charge is 0.0471 e. The highest BCUT2D eigenvalue weighted by molar-refractivity contribution is 5.57. The van der Waals surface area contributed by atoms with E-state index in [4.69, 9.17) is 5.11 Å². The van der Waals surface area contributed by atoms with Crippen LogP contribution in [0.15, 0.2) is 18.2 Å². The molecule has 0 bridgehead atoms. The normalized spacial score (nSPS) is 16.0. The fourth-order valence-electron chi connectivity index (χ4n) is 2.39. The summed E-state index contributed by atoms with van der Waals surface area (Å²) in [5.74, 6) is 0. The largest absolute Gasteiger partial charge is 0.396 e. The molecule has 1 aliphatic heterocycles. The molecule has 1 N–H and O–H groups in total. The number of aliphatic hydroxyl groups is 1. The van der Waals surface area contributed by atoms with Gasteiger partial charge >= 0.3 is 0 Å². The maximum Gasteiger partial charge on any atom is 0.0471 e. The lowest BCUT2D eigenvalue weighted by Crippen LogP contribution is -2.18. The third-order valence-electron chi connectivity index (χ3n) is 3.21. The van der Waals surface area contributed by atoms with Crippen LogP contribution in [0.4, 0.5) is 5.69 Å². The molecule has 15 heavy (non-hydrogen) atoms. The Labute approximate surface area is 91.5 Å². The Morgan fingerprint density at radius 1 is 1.33 bits per heavy atom. The predicted octanol–water partition coefficient (Wildman–Crippen LogP) is 1.99. The van der Waals surface area contributed by atoms with Crippen molar-refractivity contribution in [2.75, 3.05) is 25.1 Å². The van der Waals surface area contributed by atoms with Gasteiger partial charge in [-0.1, -0.05) is 12.1 Å². The van der Waals surface area contributed by atoms with E-state index in [1.165, 1.54) is 29.7 Å². The summed E-state index contributed by atoms with van der Waals surface area (Å²) < 4.78 is 0. The van der Waals surface area contributed by atoms with Crippen LogP contribution in [-0.4, -0.2) is 25.3 Å². The molecule has 82 valence electrons. The Morgan fingerprint density at radius 2 is 2.20 bits per heavy atom. The SMILES string of the molecule is CN1CCCCc2c(CCO)cccc21. The van der Waals surface area contributed by atoms with E-state index < -0.39 is 0 Å². The summed E-state index contributed by atoms with van der Waals surface area (Å²) in [6.45, 7) is 1.40. The van der Waals surface area contributed by atoms with Crippen molar-refractivity contribution in [3.05, 3.63) is 29.3 Å². The van der Waals surface area contributed by atoms with Gasteiger partial charge in [0, 0.05) is 25.9 Å². The number of anilines is 1. The van der Waals surface area contributed by atoms with Crippen molar-refractivity contribution >= 4 is 5.69 Å². The van der Waals surface area contributed by atoms with Gasteiger partial charge in [-0.15, -0.1) is 0 Å². The average molecular weight is 205 g/mol. The third-order valence-corrected chi connectivity index (χ3v) is 3.21. The molecule has 1 aromatic carbocycles. The zero-order valence-corrected chi connectivity index (χ0v) is 9.37. The molecule has 2 heteroatoms. The molecule has 2 rings (SSSR count). The van der Waals surface area contributed by atoms with Gasteiger partial charge in [0.1, 0.15) is 0 Å². The van der Waals surface area contributed by atoms with Crippen molar-refractivity contribution in [1.82, 2.24) is 0 Å². The van der Waals surface area contributed by atoms with Crippen molar-refractivity contribution in [1.29, 1.82) is 0 Å². The quantitative estimate of drug-likeness (QED) is 0.798. The first kappa shape index (κ1) is 10.5. The number of hydrogen-bond donors (Lipinski definition) is 1. The Balaban J connectivity index is 2.39. The van der Waals surface area contributed by atoms with Crippen LogP contribution in [-0.2, 0) is 12.8 Å². The molecule has 0 unspecified atom stereocenters. The molecular formula is C13H19NO. The molecule has 0 saturated carbocycles. The molecule has 0 radical (unpaired) electrons. The fourth-order valence-corrected chi connectivity index (χ4v) is 2.39. The lowest BCUT2D eigenvalue weighted by molar-refractivity contribution is 0.299. The zero-order valence-electron chi connectivity index (χ0n) is 9.37. The van der Waals surface area contributed by atoms with Crippen molar-refractivity contribution in [2.24, 2.45) is 0 Å². The molecule has 0 amide bonds. The number of benzene rings is 1. The van der Waals surface area contributed by atoms with Gasteiger partial charge in [-0.2, -0.15) is 0 Å². The summed E-state index contributed by atoms with van der Waals surface area (Å²) in [5, 5.41) is 9.04. The predicted molar refractivity (Wildman–Crippen MR) is 63.4 cm³/mol. The molecular weight excluding hydrogens is 186 g/mol. The maximum atomic E-state index is 9.04. The van der Waals surface area contributed by atoms with E-state index in [1.54, 1.807) is 0 Å². The summed E-state index contributed by atoms with van der Waals surface area (Å²) in [7, 11) is 2.16. The minimum Gasteiger partial charge on any atom is -0.396 e. The van der Waals surface area contributed by atoms with Gasteiger partial charge in [0.2, 0.25) is 0 Å². The summed E-state index contributed by atoms with van der Waals surface area (Å²) in [4.78, 5) is 2.34. The molecule has 0 fully saturated rings. The van der Waals surface area contributed by atoms with E-state index in [0.29, 0.717) is 0 Å². The van der Waals surface area contributed by atoms with Crippen molar-refractivity contribution < 1.29 is 5.11 Å². The summed E-state index contributed by atoms with van der Waals surface area (Å²) in [6, 6.07) is 6.45. The van der Waals surface area contributed by atoms with Crippen molar-refractivity contribution in [3.8, 4) is 0 Å². The Bertz CT molecular complexity index is 335. The number of nitrogens with zero attached hydrogens (tertiary/aromatic N) is 1. The number of hydrogen-bond acceptors (Lipinski definition) is 2. The molecule has 1 aliphatic rings. The van der Waals surface area contributed by atoms with Gasteiger partial charge in [-0.05, 0) is 42.9 Å². The average Bonchev–Trinajstić information content (AvgIpc) is 2.43. The monoisotopic (exact) mass is 205 g/mol. The lowest BCUT2D eigenvalue weighted by atomic mass is 9.99. The second-order valence-electron chi connectivity index (χ2n) is 4.27. The minimum atomic E-state index is 0.250. The zero-order chi connectivity index (χ0) is 10.7. The molecule has 0 aliphatic carbocycles. The van der Waals surface area contributed by atoms with Crippen LogP contribution in [0, 0.1) is 0 Å². The van der Waals surface area contributed by atoms with E-state index in [2.05, 4.69) is 30.1 Å². The molecule has 0 spiro atoms. The van der Waals surface area contributed by atoms with Crippen LogP contribution in [0.2, 0.25) is 0 Å². The maximum absolute atomic E-state index is 9.04. The molecule has 0 atom stereocenters. The first-order valence-corrected chi connectivity index (χ1v) is 5.75. The third kappa shape index (κ3) is 2.15. The summed E-state index contributed by atoms with van der Waals surface area (Å²) in [5.41, 5.74) is 4.13. The standard InChI is InChI=1S/C13H19NO/c1-14-9-3-2-6-12-11(8-10-15)5-4-7-13(12)14/h4-5,7,15H,2-3,6,8-10H2,1H3. The summed E-state index contributed by atoms with van der Waals surface area (Å²) >= 11 is 0. The molecule has 0 saturated heterocycles. The van der Waals surface area contributed by atoms with E-state index in [9.17, 15) is 0 Å². The summed E-state index contributed by atoms with van der Waals surface area (Å²) in [6.07, 6.45) is 4.48. The van der Waals surface area contributed by atoms with Crippen LogP contribution in [0.5, 0.6) is 0 Å². The van der Waals surface area contributed by atoms with Gasteiger partial charge < -0.3 is 10.0 Å². The molecule has 0 aromatic heterocycles. The van der Waals surface area contributed by atoms with Crippen LogP contribution in [0.3, 0.4) is 0 Å². The Kier molecular flexibility index (Phi) is 3.27. The van der Waals surface area contributed by atoms with E-state index >= 15 is 0 Å². The van der Waals surface area contributed by atoms with Gasteiger partial charge in [0.25, 0.3) is 0 Å². The van der Waals surface area contributed by atoms with Crippen LogP contribution in [0.1, 0.15) is 24.0 Å². The van der Waals surface area contributed by atoms with Gasteiger partial charge in [0.15, 0.2) is 0 Å². The Morgan fingerprint density at radius 3 is 3.00 bits per heavy atom. The second-order valence-corrected chi connectivity index (χ2v) is 4.27. The number of aliphatic hydroxyl groups excluding tert-OH is 1. The van der Waals surface area contributed by atoms with Crippen LogP contribution >= 0.6 is 0 Å². The highest BCUT2D eigenvalue weighted by Crippen LogP contribution is 2.28. The van der Waals surface area contributed by atoms with Gasteiger partial charge in [0.05, 0.1) is 0 Å². The van der Waals surface area contributed by atoms with Gasteiger partial charge in [-0.3, -0.25) is 0 Å². The van der Waals surface area contributed by atoms with E-state index in [-0.39, 0.29) is 6.61 Å². The molecule has 1 aromatic rings.